The largest absolute Gasteiger partial charge is 0.326 e. The van der Waals surface area contributed by atoms with E-state index in [1.807, 2.05) is 0 Å². The van der Waals surface area contributed by atoms with Gasteiger partial charge in [-0.2, -0.15) is 4.31 Å². The predicted molar refractivity (Wildman–Crippen MR) is 62.8 cm³/mol. The van der Waals surface area contributed by atoms with Crippen LogP contribution in [0.15, 0.2) is 29.2 Å². The Labute approximate surface area is 100 Å². The fourth-order valence-corrected chi connectivity index (χ4v) is 3.37. The maximum atomic E-state index is 12.1. The Morgan fingerprint density at radius 3 is 2.44 bits per heavy atom. The molecule has 16 heavy (non-hydrogen) atoms. The molecule has 0 radical (unpaired) electrons. The fraction of sp³-hybridized carbons (Fsp3) is 0.400. The first-order valence-corrected chi connectivity index (χ1v) is 6.83. The van der Waals surface area contributed by atoms with Crippen LogP contribution in [0.5, 0.6) is 0 Å². The van der Waals surface area contributed by atoms with Crippen LogP contribution in [0.2, 0.25) is 5.02 Å². The molecule has 0 aromatic heterocycles. The first-order valence-electron chi connectivity index (χ1n) is 5.01. The summed E-state index contributed by atoms with van der Waals surface area (Å²) in [6.07, 6.45) is 0.715. The molecule has 0 amide bonds. The zero-order chi connectivity index (χ0) is 11.8. The Balaban J connectivity index is 2.29. The van der Waals surface area contributed by atoms with Gasteiger partial charge < -0.3 is 5.73 Å². The zero-order valence-electron chi connectivity index (χ0n) is 8.64. The van der Waals surface area contributed by atoms with E-state index in [0.717, 1.165) is 0 Å². The van der Waals surface area contributed by atoms with Gasteiger partial charge in [-0.3, -0.25) is 0 Å². The monoisotopic (exact) mass is 260 g/mol. The van der Waals surface area contributed by atoms with E-state index in [0.29, 0.717) is 24.5 Å². The van der Waals surface area contributed by atoms with Crippen molar-refractivity contribution >= 4 is 21.6 Å². The summed E-state index contributed by atoms with van der Waals surface area (Å²) in [5.74, 6) is 0. The number of rotatable bonds is 2. The summed E-state index contributed by atoms with van der Waals surface area (Å²) in [5.41, 5.74) is 5.70. The van der Waals surface area contributed by atoms with Crippen LogP contribution in [0.4, 0.5) is 0 Å². The molecule has 2 rings (SSSR count). The summed E-state index contributed by atoms with van der Waals surface area (Å²) < 4.78 is 25.7. The van der Waals surface area contributed by atoms with Crippen molar-refractivity contribution in [2.24, 2.45) is 5.73 Å². The molecule has 0 bridgehead atoms. The first-order chi connectivity index (χ1) is 7.50. The molecule has 0 aliphatic carbocycles. The average Bonchev–Trinajstić information content (AvgIpc) is 2.66. The SMILES string of the molecule is NC1CCN(S(=O)(=O)c2ccc(Cl)cc2)C1. The molecule has 4 nitrogen and oxygen atoms in total. The number of hydrogen-bond donors (Lipinski definition) is 1. The van der Waals surface area contributed by atoms with Gasteiger partial charge in [-0.15, -0.1) is 0 Å². The maximum Gasteiger partial charge on any atom is 0.243 e. The van der Waals surface area contributed by atoms with Crippen molar-refractivity contribution in [3.63, 3.8) is 0 Å². The van der Waals surface area contributed by atoms with Gasteiger partial charge in [0, 0.05) is 24.2 Å². The van der Waals surface area contributed by atoms with E-state index in [2.05, 4.69) is 0 Å². The second-order valence-corrected chi connectivity index (χ2v) is 6.24. The third-order valence-corrected chi connectivity index (χ3v) is 4.77. The lowest BCUT2D eigenvalue weighted by atomic mass is 10.3. The highest BCUT2D eigenvalue weighted by Gasteiger charge is 2.30. The van der Waals surface area contributed by atoms with Crippen LogP contribution in [0.3, 0.4) is 0 Å². The van der Waals surface area contributed by atoms with Gasteiger partial charge in [0.15, 0.2) is 0 Å². The summed E-state index contributed by atoms with van der Waals surface area (Å²) in [6, 6.07) is 6.12. The van der Waals surface area contributed by atoms with Crippen molar-refractivity contribution in [2.45, 2.75) is 17.4 Å². The van der Waals surface area contributed by atoms with Gasteiger partial charge in [-0.05, 0) is 30.7 Å². The summed E-state index contributed by atoms with van der Waals surface area (Å²) in [4.78, 5) is 0.269. The van der Waals surface area contributed by atoms with Crippen molar-refractivity contribution in [1.29, 1.82) is 0 Å². The van der Waals surface area contributed by atoms with E-state index in [-0.39, 0.29) is 10.9 Å². The second kappa shape index (κ2) is 4.33. The van der Waals surface area contributed by atoms with Gasteiger partial charge in [0.2, 0.25) is 10.0 Å². The Hall–Kier alpha value is -0.620. The van der Waals surface area contributed by atoms with Gasteiger partial charge in [0.05, 0.1) is 4.90 Å². The van der Waals surface area contributed by atoms with E-state index in [9.17, 15) is 8.42 Å². The number of benzene rings is 1. The Bertz CT molecular complexity index is 472. The number of halogens is 1. The van der Waals surface area contributed by atoms with Gasteiger partial charge in [-0.1, -0.05) is 11.6 Å². The lowest BCUT2D eigenvalue weighted by Gasteiger charge is -2.15. The molecule has 1 heterocycles. The number of nitrogens with two attached hydrogens (primary N) is 1. The zero-order valence-corrected chi connectivity index (χ0v) is 10.2. The quantitative estimate of drug-likeness (QED) is 0.865. The van der Waals surface area contributed by atoms with Gasteiger partial charge in [-0.25, -0.2) is 8.42 Å². The fourth-order valence-electron chi connectivity index (χ4n) is 1.73. The molecule has 1 saturated heterocycles. The summed E-state index contributed by atoms with van der Waals surface area (Å²) in [7, 11) is -3.39. The molecule has 0 spiro atoms. The Morgan fingerprint density at radius 2 is 1.94 bits per heavy atom. The van der Waals surface area contributed by atoms with Crippen molar-refractivity contribution < 1.29 is 8.42 Å². The second-order valence-electron chi connectivity index (χ2n) is 3.87. The molecule has 1 aliphatic rings. The van der Waals surface area contributed by atoms with Crippen molar-refractivity contribution in [2.75, 3.05) is 13.1 Å². The highest BCUT2D eigenvalue weighted by atomic mass is 35.5. The lowest BCUT2D eigenvalue weighted by Crippen LogP contribution is -2.31. The minimum atomic E-state index is -3.39. The van der Waals surface area contributed by atoms with Crippen LogP contribution in [-0.2, 0) is 10.0 Å². The lowest BCUT2D eigenvalue weighted by molar-refractivity contribution is 0.472. The van der Waals surface area contributed by atoms with Gasteiger partial charge in [0.1, 0.15) is 0 Å². The van der Waals surface area contributed by atoms with E-state index < -0.39 is 10.0 Å². The standard InChI is InChI=1S/C10H13ClN2O2S/c11-8-1-3-10(4-2-8)16(14,15)13-6-5-9(12)7-13/h1-4,9H,5-7,12H2. The minimum absolute atomic E-state index is 0.0536. The molecule has 2 N–H and O–H groups in total. The molecule has 1 aromatic carbocycles. The van der Waals surface area contributed by atoms with Crippen LogP contribution in [-0.4, -0.2) is 31.9 Å². The molecular weight excluding hydrogens is 248 g/mol. The van der Waals surface area contributed by atoms with Crippen LogP contribution in [0.1, 0.15) is 6.42 Å². The van der Waals surface area contributed by atoms with Crippen LogP contribution in [0, 0.1) is 0 Å². The van der Waals surface area contributed by atoms with E-state index in [1.54, 1.807) is 12.1 Å². The number of sulfonamides is 1. The Kier molecular flexibility index (Phi) is 3.21. The summed E-state index contributed by atoms with van der Waals surface area (Å²) in [5, 5.41) is 0.525. The highest BCUT2D eigenvalue weighted by molar-refractivity contribution is 7.89. The van der Waals surface area contributed by atoms with Gasteiger partial charge >= 0.3 is 0 Å². The maximum absolute atomic E-state index is 12.1. The Morgan fingerprint density at radius 1 is 1.31 bits per heavy atom. The highest BCUT2D eigenvalue weighted by Crippen LogP contribution is 2.21. The topological polar surface area (TPSA) is 63.4 Å². The minimum Gasteiger partial charge on any atom is -0.326 e. The van der Waals surface area contributed by atoms with E-state index in [4.69, 9.17) is 17.3 Å². The molecule has 6 heteroatoms. The molecule has 0 saturated carbocycles. The molecule has 1 aromatic rings. The third kappa shape index (κ3) is 2.22. The average molecular weight is 261 g/mol. The van der Waals surface area contributed by atoms with Crippen molar-refractivity contribution in [1.82, 2.24) is 4.31 Å². The van der Waals surface area contributed by atoms with Crippen LogP contribution < -0.4 is 5.73 Å². The van der Waals surface area contributed by atoms with Crippen molar-refractivity contribution in [3.8, 4) is 0 Å². The molecular formula is C10H13ClN2O2S. The number of hydrogen-bond acceptors (Lipinski definition) is 3. The molecule has 1 aliphatic heterocycles. The molecule has 88 valence electrons. The van der Waals surface area contributed by atoms with Crippen LogP contribution >= 0.6 is 11.6 Å². The van der Waals surface area contributed by atoms with Crippen LogP contribution in [0.25, 0.3) is 0 Å². The first kappa shape index (κ1) is 11.9. The normalized spacial score (nSPS) is 22.5. The third-order valence-electron chi connectivity index (χ3n) is 2.64. The number of nitrogens with zero attached hydrogens (tertiary/aromatic N) is 1. The molecule has 1 fully saturated rings. The van der Waals surface area contributed by atoms with Gasteiger partial charge in [0.25, 0.3) is 0 Å². The summed E-state index contributed by atoms with van der Waals surface area (Å²) >= 11 is 5.72. The molecule has 1 atom stereocenters. The molecule has 1 unspecified atom stereocenters. The summed E-state index contributed by atoms with van der Waals surface area (Å²) in [6.45, 7) is 0.886. The smallest absolute Gasteiger partial charge is 0.243 e. The predicted octanol–water partition coefficient (Wildman–Crippen LogP) is 1.06. The van der Waals surface area contributed by atoms with E-state index in [1.165, 1.54) is 16.4 Å². The van der Waals surface area contributed by atoms with E-state index >= 15 is 0 Å². The van der Waals surface area contributed by atoms with Crippen molar-refractivity contribution in [3.05, 3.63) is 29.3 Å².